The van der Waals surface area contributed by atoms with E-state index in [0.717, 1.165) is 0 Å². The number of hydroxylamine groups is 1. The van der Waals surface area contributed by atoms with Crippen molar-refractivity contribution >= 4 is 22.6 Å². The smallest absolute Gasteiger partial charge is 0.0933 e. The molecule has 0 fully saturated rings. The molecule has 0 bridgehead atoms. The predicted octanol–water partition coefficient (Wildman–Crippen LogP) is 1.94. The van der Waals surface area contributed by atoms with Crippen molar-refractivity contribution in [2.75, 3.05) is 7.05 Å². The molecule has 2 nitrogen and oxygen atoms in total. The molecule has 0 amide bonds. The Morgan fingerprint density at radius 3 is 3.00 bits per heavy atom. The first kappa shape index (κ1) is 8.96. The van der Waals surface area contributed by atoms with Crippen molar-refractivity contribution in [2.24, 2.45) is 0 Å². The van der Waals surface area contributed by atoms with Crippen molar-refractivity contribution in [1.82, 2.24) is 5.48 Å². The van der Waals surface area contributed by atoms with Gasteiger partial charge < -0.3 is 0 Å². The van der Waals surface area contributed by atoms with Gasteiger partial charge in [-0.1, -0.05) is 12.1 Å². The average Bonchev–Trinajstić information content (AvgIpc) is 2.01. The Morgan fingerprint density at radius 2 is 2.36 bits per heavy atom. The molecule has 0 radical (unpaired) electrons. The third-order valence-corrected chi connectivity index (χ3v) is 1.94. The largest absolute Gasteiger partial charge is 0.297 e. The molecule has 1 aromatic rings. The number of benzene rings is 1. The first-order valence-corrected chi connectivity index (χ1v) is 4.44. The summed E-state index contributed by atoms with van der Waals surface area (Å²) < 4.78 is 1.24. The zero-order valence-corrected chi connectivity index (χ0v) is 8.46. The maximum Gasteiger partial charge on any atom is 0.0933 e. The highest BCUT2D eigenvalue weighted by atomic mass is 127. The second-order valence-corrected chi connectivity index (χ2v) is 3.37. The van der Waals surface area contributed by atoms with Gasteiger partial charge in [-0.05, 0) is 40.3 Å². The van der Waals surface area contributed by atoms with Gasteiger partial charge in [-0.2, -0.15) is 0 Å². The second-order valence-electron chi connectivity index (χ2n) is 2.12. The Hall–Kier alpha value is -0.130. The lowest BCUT2D eigenvalue weighted by atomic mass is 10.2. The van der Waals surface area contributed by atoms with E-state index in [2.05, 4.69) is 40.2 Å². The zero-order chi connectivity index (χ0) is 8.10. The molecule has 1 rings (SSSR count). The van der Waals surface area contributed by atoms with Crippen LogP contribution in [0.2, 0.25) is 0 Å². The molecule has 0 aliphatic heterocycles. The van der Waals surface area contributed by atoms with E-state index in [1.165, 1.54) is 9.13 Å². The molecule has 0 unspecified atom stereocenters. The van der Waals surface area contributed by atoms with E-state index in [1.807, 2.05) is 12.1 Å². The molecule has 0 saturated heterocycles. The normalized spacial score (nSPS) is 10.0. The second kappa shape index (κ2) is 4.69. The van der Waals surface area contributed by atoms with E-state index in [0.29, 0.717) is 6.61 Å². The Balaban J connectivity index is 2.56. The molecule has 11 heavy (non-hydrogen) atoms. The SMILES string of the molecule is CNOCc1cccc(I)c1. The van der Waals surface area contributed by atoms with E-state index in [1.54, 1.807) is 7.05 Å². The summed E-state index contributed by atoms with van der Waals surface area (Å²) in [5.41, 5.74) is 3.82. The lowest BCUT2D eigenvalue weighted by Crippen LogP contribution is -2.06. The molecule has 0 heterocycles. The highest BCUT2D eigenvalue weighted by Crippen LogP contribution is 2.07. The molecule has 1 N–H and O–H groups in total. The number of hydrogen-bond donors (Lipinski definition) is 1. The summed E-state index contributed by atoms with van der Waals surface area (Å²) in [5, 5.41) is 0. The molecule has 3 heteroatoms. The van der Waals surface area contributed by atoms with Gasteiger partial charge in [-0.25, -0.2) is 5.48 Å². The van der Waals surface area contributed by atoms with Crippen LogP contribution in [0.5, 0.6) is 0 Å². The van der Waals surface area contributed by atoms with Crippen LogP contribution in [-0.4, -0.2) is 7.05 Å². The Morgan fingerprint density at radius 1 is 1.55 bits per heavy atom. The minimum absolute atomic E-state index is 0.618. The Labute approximate surface area is 80.0 Å². The fourth-order valence-corrected chi connectivity index (χ4v) is 1.39. The molecule has 0 saturated carbocycles. The molecule has 1 aromatic carbocycles. The van der Waals surface area contributed by atoms with Crippen molar-refractivity contribution in [3.05, 3.63) is 33.4 Å². The van der Waals surface area contributed by atoms with Gasteiger partial charge in [0, 0.05) is 10.6 Å². The predicted molar refractivity (Wildman–Crippen MR) is 53.0 cm³/mol. The topological polar surface area (TPSA) is 21.3 Å². The highest BCUT2D eigenvalue weighted by Gasteiger charge is 1.91. The van der Waals surface area contributed by atoms with Crippen molar-refractivity contribution in [3.63, 3.8) is 0 Å². The van der Waals surface area contributed by atoms with Crippen LogP contribution in [0.25, 0.3) is 0 Å². The van der Waals surface area contributed by atoms with Crippen LogP contribution in [0, 0.1) is 3.57 Å². The van der Waals surface area contributed by atoms with Gasteiger partial charge in [0.25, 0.3) is 0 Å². The first-order valence-electron chi connectivity index (χ1n) is 3.36. The van der Waals surface area contributed by atoms with Crippen LogP contribution in [-0.2, 0) is 11.4 Å². The number of rotatable bonds is 3. The number of halogens is 1. The molecule has 0 aromatic heterocycles. The maximum absolute atomic E-state index is 5.02. The van der Waals surface area contributed by atoms with Crippen molar-refractivity contribution in [1.29, 1.82) is 0 Å². The van der Waals surface area contributed by atoms with E-state index >= 15 is 0 Å². The van der Waals surface area contributed by atoms with Gasteiger partial charge >= 0.3 is 0 Å². The summed E-state index contributed by atoms with van der Waals surface area (Å²) in [5.74, 6) is 0. The van der Waals surface area contributed by atoms with E-state index in [4.69, 9.17) is 4.84 Å². The molecule has 0 aliphatic rings. The minimum atomic E-state index is 0.618. The molecular weight excluding hydrogens is 253 g/mol. The molecule has 0 spiro atoms. The van der Waals surface area contributed by atoms with Gasteiger partial charge in [-0.15, -0.1) is 0 Å². The Bertz CT molecular complexity index is 227. The van der Waals surface area contributed by atoms with Gasteiger partial charge in [0.15, 0.2) is 0 Å². The van der Waals surface area contributed by atoms with E-state index in [9.17, 15) is 0 Å². The maximum atomic E-state index is 5.02. The number of hydrogen-bond acceptors (Lipinski definition) is 2. The van der Waals surface area contributed by atoms with Crippen LogP contribution in [0.15, 0.2) is 24.3 Å². The first-order chi connectivity index (χ1) is 5.33. The van der Waals surface area contributed by atoms with Crippen molar-refractivity contribution in [2.45, 2.75) is 6.61 Å². The summed E-state index contributed by atoms with van der Waals surface area (Å²) in [6.07, 6.45) is 0. The summed E-state index contributed by atoms with van der Waals surface area (Å²) in [6.45, 7) is 0.618. The lowest BCUT2D eigenvalue weighted by Gasteiger charge is -2.01. The van der Waals surface area contributed by atoms with Crippen molar-refractivity contribution < 1.29 is 4.84 Å². The number of nitrogens with one attached hydrogen (secondary N) is 1. The third-order valence-electron chi connectivity index (χ3n) is 1.27. The van der Waals surface area contributed by atoms with Gasteiger partial charge in [0.1, 0.15) is 0 Å². The Kier molecular flexibility index (Phi) is 3.82. The summed E-state index contributed by atoms with van der Waals surface area (Å²) in [7, 11) is 1.76. The van der Waals surface area contributed by atoms with Crippen LogP contribution < -0.4 is 5.48 Å². The van der Waals surface area contributed by atoms with Gasteiger partial charge in [-0.3, -0.25) is 4.84 Å². The fourth-order valence-electron chi connectivity index (χ4n) is 0.782. The summed E-state index contributed by atoms with van der Waals surface area (Å²) in [4.78, 5) is 5.02. The van der Waals surface area contributed by atoms with Gasteiger partial charge in [0.05, 0.1) is 6.61 Å². The van der Waals surface area contributed by atoms with E-state index < -0.39 is 0 Å². The highest BCUT2D eigenvalue weighted by molar-refractivity contribution is 14.1. The molecule has 60 valence electrons. The average molecular weight is 263 g/mol. The van der Waals surface area contributed by atoms with Crippen LogP contribution in [0.1, 0.15) is 5.56 Å². The molecule has 0 atom stereocenters. The quantitative estimate of drug-likeness (QED) is 0.664. The van der Waals surface area contributed by atoms with Gasteiger partial charge in [0.2, 0.25) is 0 Å². The monoisotopic (exact) mass is 263 g/mol. The fraction of sp³-hybridized carbons (Fsp3) is 0.250. The molecular formula is C8H10INO. The minimum Gasteiger partial charge on any atom is -0.297 e. The van der Waals surface area contributed by atoms with Crippen LogP contribution in [0.4, 0.5) is 0 Å². The van der Waals surface area contributed by atoms with Crippen LogP contribution in [0.3, 0.4) is 0 Å². The third kappa shape index (κ3) is 3.18. The zero-order valence-electron chi connectivity index (χ0n) is 6.30. The lowest BCUT2D eigenvalue weighted by molar-refractivity contribution is 0.0444. The summed E-state index contributed by atoms with van der Waals surface area (Å²) in [6, 6.07) is 8.22. The molecule has 0 aliphatic carbocycles. The van der Waals surface area contributed by atoms with Crippen LogP contribution >= 0.6 is 22.6 Å². The summed E-state index contributed by atoms with van der Waals surface area (Å²) >= 11 is 2.28. The van der Waals surface area contributed by atoms with E-state index in [-0.39, 0.29) is 0 Å². The standard InChI is InChI=1S/C8H10INO/c1-10-11-6-7-3-2-4-8(9)5-7/h2-5,10H,6H2,1H3. The van der Waals surface area contributed by atoms with Crippen molar-refractivity contribution in [3.8, 4) is 0 Å².